The maximum absolute atomic E-state index is 14.4. The van der Waals surface area contributed by atoms with Crippen molar-refractivity contribution >= 4 is 11.6 Å². The van der Waals surface area contributed by atoms with E-state index in [9.17, 15) is 18.0 Å². The van der Waals surface area contributed by atoms with E-state index in [4.69, 9.17) is 14.9 Å². The Morgan fingerprint density at radius 1 is 1.30 bits per heavy atom. The van der Waals surface area contributed by atoms with Gasteiger partial charge in [-0.05, 0) is 85.5 Å². The molecule has 5 nitrogen and oxygen atoms in total. The van der Waals surface area contributed by atoms with Crippen molar-refractivity contribution in [1.29, 1.82) is 5.41 Å². The van der Waals surface area contributed by atoms with Crippen molar-refractivity contribution in [3.05, 3.63) is 70.7 Å². The molecule has 1 N–H and O–H groups in total. The number of nitrogens with zero attached hydrogens (tertiary/aromatic N) is 1. The summed E-state index contributed by atoms with van der Waals surface area (Å²) in [7, 11) is 1.71. The summed E-state index contributed by atoms with van der Waals surface area (Å²) in [4.78, 5) is 16.4. The summed E-state index contributed by atoms with van der Waals surface area (Å²) in [5, 5.41) is 9.05. The van der Waals surface area contributed by atoms with Crippen LogP contribution in [0.2, 0.25) is 0 Å². The Morgan fingerprint density at radius 2 is 2.12 bits per heavy atom. The zero-order valence-electron chi connectivity index (χ0n) is 25.4. The van der Waals surface area contributed by atoms with Crippen molar-refractivity contribution < 1.29 is 27.4 Å². The fourth-order valence-electron chi connectivity index (χ4n) is 7.49. The van der Waals surface area contributed by atoms with Crippen LogP contribution in [-0.2, 0) is 14.3 Å². The van der Waals surface area contributed by atoms with Gasteiger partial charge in [-0.1, -0.05) is 55.7 Å². The maximum atomic E-state index is 14.4. The molecule has 8 heteroatoms. The first-order valence-corrected chi connectivity index (χ1v) is 15.5. The first-order chi connectivity index (χ1) is 20.5. The van der Waals surface area contributed by atoms with E-state index in [2.05, 4.69) is 43.5 Å². The molecule has 0 saturated carbocycles. The van der Waals surface area contributed by atoms with Crippen LogP contribution in [0.5, 0.6) is 0 Å². The van der Waals surface area contributed by atoms with Gasteiger partial charge in [0.15, 0.2) is 0 Å². The van der Waals surface area contributed by atoms with E-state index in [1.54, 1.807) is 19.3 Å². The van der Waals surface area contributed by atoms with Crippen LogP contribution >= 0.6 is 0 Å². The number of hydrogen-bond donors (Lipinski definition) is 1. The molecule has 5 aliphatic rings. The number of rotatable bonds is 9. The van der Waals surface area contributed by atoms with E-state index >= 15 is 0 Å². The smallest absolute Gasteiger partial charge is 0.385 e. The standard InChI is InChI=1S/C35H43F3N2O3/c1-23(2)34(13-10-27(20-34)32(39)19-26-12-15-43-22-28(26)11-14-42-3)33(41)40-21-24-16-29(18-31(40)17-24)25-6-4-8-30(9-5-7-25)35(36,37)38/h4,6-8,10,13,16,23-24,26-28,31,39H,11-12,14-15,17-22H2,1-3H3. The molecular formula is C35H43F3N2O3. The van der Waals surface area contributed by atoms with E-state index in [1.165, 1.54) is 6.08 Å². The molecule has 2 bridgehead atoms. The molecule has 0 spiro atoms. The van der Waals surface area contributed by atoms with Crippen molar-refractivity contribution in [2.24, 2.45) is 35.0 Å². The van der Waals surface area contributed by atoms with Crippen LogP contribution in [0.1, 0.15) is 52.4 Å². The molecule has 43 heavy (non-hydrogen) atoms. The van der Waals surface area contributed by atoms with E-state index in [-0.39, 0.29) is 29.7 Å². The molecule has 0 aromatic carbocycles. The number of amides is 1. The molecule has 1 amide bonds. The predicted molar refractivity (Wildman–Crippen MR) is 160 cm³/mol. The first kappa shape index (κ1) is 31.5. The quantitative estimate of drug-likeness (QED) is 0.175. The molecule has 2 fully saturated rings. The second-order valence-electron chi connectivity index (χ2n) is 13.1. The zero-order chi connectivity index (χ0) is 30.8. The number of carbonyl (C=O) groups is 1. The second-order valence-corrected chi connectivity index (χ2v) is 13.1. The third-order valence-corrected chi connectivity index (χ3v) is 10.1. The van der Waals surface area contributed by atoms with Gasteiger partial charge in [-0.25, -0.2) is 0 Å². The van der Waals surface area contributed by atoms with Gasteiger partial charge in [0.05, 0.1) is 5.41 Å². The van der Waals surface area contributed by atoms with E-state index in [0.717, 1.165) is 49.5 Å². The van der Waals surface area contributed by atoms with E-state index in [1.807, 2.05) is 4.90 Å². The topological polar surface area (TPSA) is 62.6 Å². The molecule has 0 radical (unpaired) electrons. The second kappa shape index (κ2) is 13.0. The summed E-state index contributed by atoms with van der Waals surface area (Å²) < 4.78 is 50.3. The number of fused-ring (bicyclic) bond motifs is 2. The summed E-state index contributed by atoms with van der Waals surface area (Å²) in [5.41, 5.74) is 5.85. The van der Waals surface area contributed by atoms with Gasteiger partial charge in [-0.3, -0.25) is 4.79 Å². The highest BCUT2D eigenvalue weighted by molar-refractivity contribution is 5.91. The van der Waals surface area contributed by atoms with Gasteiger partial charge in [0, 0.05) is 51.1 Å². The van der Waals surface area contributed by atoms with Gasteiger partial charge < -0.3 is 19.8 Å². The van der Waals surface area contributed by atoms with Crippen molar-refractivity contribution in [2.75, 3.05) is 33.5 Å². The van der Waals surface area contributed by atoms with Crippen LogP contribution < -0.4 is 0 Å². The van der Waals surface area contributed by atoms with Gasteiger partial charge in [0.1, 0.15) is 5.57 Å². The maximum Gasteiger partial charge on any atom is 0.424 e. The monoisotopic (exact) mass is 596 g/mol. The number of halogens is 3. The number of methoxy groups -OCH3 is 1. The Kier molecular flexibility index (Phi) is 9.53. The van der Waals surface area contributed by atoms with Crippen molar-refractivity contribution in [3.8, 4) is 0 Å². The minimum absolute atomic E-state index is 0.0396. The largest absolute Gasteiger partial charge is 0.424 e. The highest BCUT2D eigenvalue weighted by atomic mass is 19.4. The Hall–Kier alpha value is -2.89. The minimum atomic E-state index is -4.47. The summed E-state index contributed by atoms with van der Waals surface area (Å²) in [6, 6.07) is 0.0396. The van der Waals surface area contributed by atoms with Crippen LogP contribution in [0, 0.1) is 40.4 Å². The van der Waals surface area contributed by atoms with E-state index in [0.29, 0.717) is 50.1 Å². The van der Waals surface area contributed by atoms with Crippen LogP contribution in [0.3, 0.4) is 0 Å². The molecule has 6 atom stereocenters. The lowest BCUT2D eigenvalue weighted by atomic mass is 9.72. The first-order valence-electron chi connectivity index (χ1n) is 15.5. The predicted octanol–water partition coefficient (Wildman–Crippen LogP) is 7.15. The number of allylic oxidation sites excluding steroid dienone is 7. The zero-order valence-corrected chi connectivity index (χ0v) is 25.4. The number of ether oxygens (including phenoxy) is 2. The van der Waals surface area contributed by atoms with Crippen molar-refractivity contribution in [1.82, 2.24) is 4.90 Å². The SMILES string of the molecule is COCCC1COCCC1CC(=N)C1C=CC(C(=O)N2CC3C=C(C4=CC=CC(C(F)(F)F)=C=C=C4)CC2C3)(C(C)C)C1. The molecule has 232 valence electrons. The lowest BCUT2D eigenvalue weighted by Gasteiger charge is -2.38. The van der Waals surface area contributed by atoms with Gasteiger partial charge >= 0.3 is 6.18 Å². The van der Waals surface area contributed by atoms with Crippen LogP contribution in [0.25, 0.3) is 0 Å². The summed E-state index contributed by atoms with van der Waals surface area (Å²) in [6.07, 6.45) is 12.3. The fourth-order valence-corrected chi connectivity index (χ4v) is 7.49. The van der Waals surface area contributed by atoms with Gasteiger partial charge in [0.25, 0.3) is 0 Å². The lowest BCUT2D eigenvalue weighted by molar-refractivity contribution is -0.142. The molecule has 0 aromatic heterocycles. The number of carbonyl (C=O) groups excluding carboxylic acids is 1. The summed E-state index contributed by atoms with van der Waals surface area (Å²) in [5.74, 6) is 1.16. The third kappa shape index (κ3) is 6.78. The normalized spacial score (nSPS) is 32.0. The average Bonchev–Trinajstić information content (AvgIpc) is 3.53. The lowest BCUT2D eigenvalue weighted by Crippen LogP contribution is -2.47. The molecule has 3 aliphatic carbocycles. The fraction of sp³-hybridized carbons (Fsp3) is 0.600. The Bertz CT molecular complexity index is 1330. The van der Waals surface area contributed by atoms with Crippen LogP contribution in [0.15, 0.2) is 70.7 Å². The van der Waals surface area contributed by atoms with Gasteiger partial charge in [0.2, 0.25) is 5.91 Å². The molecule has 2 saturated heterocycles. The molecular weight excluding hydrogens is 553 g/mol. The number of likely N-dealkylation sites (tertiary alicyclic amines) is 1. The summed E-state index contributed by atoms with van der Waals surface area (Å²) in [6.45, 7) is 6.98. The molecule has 2 heterocycles. The molecule has 0 aromatic rings. The van der Waals surface area contributed by atoms with E-state index < -0.39 is 17.2 Å². The molecule has 6 unspecified atom stereocenters. The Balaban J connectivity index is 1.26. The van der Waals surface area contributed by atoms with Crippen LogP contribution in [-0.4, -0.2) is 62.2 Å². The third-order valence-electron chi connectivity index (χ3n) is 10.1. The number of hydrogen-bond acceptors (Lipinski definition) is 4. The molecule has 2 aliphatic heterocycles. The minimum Gasteiger partial charge on any atom is -0.385 e. The van der Waals surface area contributed by atoms with Crippen molar-refractivity contribution in [3.63, 3.8) is 0 Å². The summed E-state index contributed by atoms with van der Waals surface area (Å²) >= 11 is 0. The van der Waals surface area contributed by atoms with Crippen molar-refractivity contribution in [2.45, 2.75) is 64.6 Å². The number of nitrogens with one attached hydrogen (secondary N) is 1. The van der Waals surface area contributed by atoms with Gasteiger partial charge in [-0.15, -0.1) is 0 Å². The van der Waals surface area contributed by atoms with Gasteiger partial charge in [-0.2, -0.15) is 13.2 Å². The highest BCUT2D eigenvalue weighted by Crippen LogP contribution is 2.48. The Labute approximate surface area is 253 Å². The average molecular weight is 597 g/mol. The van der Waals surface area contributed by atoms with Crippen LogP contribution in [0.4, 0.5) is 13.2 Å². The number of alkyl halides is 3. The highest BCUT2D eigenvalue weighted by Gasteiger charge is 2.50. The molecule has 5 rings (SSSR count). The Morgan fingerprint density at radius 3 is 2.86 bits per heavy atom.